The van der Waals surface area contributed by atoms with Gasteiger partial charge in [-0.1, -0.05) is 61.9 Å². The van der Waals surface area contributed by atoms with Crippen LogP contribution in [0.4, 0.5) is 26.3 Å². The van der Waals surface area contributed by atoms with Gasteiger partial charge in [0.05, 0.1) is 12.7 Å². The monoisotopic (exact) mass is 532 g/mol. The first kappa shape index (κ1) is 28.0. The van der Waals surface area contributed by atoms with Crippen molar-refractivity contribution in [3.05, 3.63) is 106 Å². The van der Waals surface area contributed by atoms with Gasteiger partial charge in [-0.05, 0) is 61.3 Å². The largest absolute Gasteiger partial charge is 0.374 e. The molecule has 0 saturated carbocycles. The molecule has 0 spiro atoms. The summed E-state index contributed by atoms with van der Waals surface area (Å²) in [7, 11) is 0. The second-order valence-corrected chi connectivity index (χ2v) is 9.66. The van der Waals surface area contributed by atoms with Crippen LogP contribution in [0.1, 0.15) is 61.3 Å². The third-order valence-corrected chi connectivity index (χ3v) is 7.15. The molecular weight excluding hydrogens is 502 g/mol. The molecule has 2 atom stereocenters. The van der Waals surface area contributed by atoms with E-state index in [4.69, 9.17) is 4.74 Å². The second-order valence-electron chi connectivity index (χ2n) is 9.66. The van der Waals surface area contributed by atoms with Crippen molar-refractivity contribution >= 4 is 0 Å². The van der Waals surface area contributed by atoms with Gasteiger partial charge in [0.25, 0.3) is 0 Å². The van der Waals surface area contributed by atoms with Gasteiger partial charge in [0, 0.05) is 17.0 Å². The van der Waals surface area contributed by atoms with Gasteiger partial charge >= 0.3 is 0 Å². The standard InChI is InChI=1S/C31H30F6O/c1-3-5-18-7-8-19(27(33)26(18)32)9-10-20-12-14-24(30(36)28(20)34)25-16-15-23(29(35)31(25)37)21-11-13-22(6-4-2)38-17-21/h4,6-8,12,14-16,21-22H,3,5,9-11,13,17H2,1-2H3/b6-4+. The minimum absolute atomic E-state index is 0.0543. The molecule has 0 aromatic heterocycles. The van der Waals surface area contributed by atoms with Gasteiger partial charge in [-0.3, -0.25) is 0 Å². The summed E-state index contributed by atoms with van der Waals surface area (Å²) in [5, 5.41) is 0. The van der Waals surface area contributed by atoms with Crippen LogP contribution in [0.2, 0.25) is 0 Å². The zero-order chi connectivity index (χ0) is 27.4. The summed E-state index contributed by atoms with van der Waals surface area (Å²) in [4.78, 5) is 0. The van der Waals surface area contributed by atoms with Gasteiger partial charge in [0.1, 0.15) is 0 Å². The fourth-order valence-electron chi connectivity index (χ4n) is 5.02. The number of hydrogen-bond donors (Lipinski definition) is 0. The molecule has 1 nitrogen and oxygen atoms in total. The van der Waals surface area contributed by atoms with Gasteiger partial charge in [0.2, 0.25) is 0 Å². The molecule has 1 saturated heterocycles. The highest BCUT2D eigenvalue weighted by Crippen LogP contribution is 2.36. The van der Waals surface area contributed by atoms with Crippen molar-refractivity contribution in [2.45, 2.75) is 64.4 Å². The first-order valence-electron chi connectivity index (χ1n) is 12.9. The van der Waals surface area contributed by atoms with E-state index in [1.165, 1.54) is 36.4 Å². The number of benzene rings is 3. The van der Waals surface area contributed by atoms with Gasteiger partial charge in [-0.2, -0.15) is 0 Å². The van der Waals surface area contributed by atoms with Crippen LogP contribution in [-0.4, -0.2) is 12.7 Å². The molecule has 1 heterocycles. The van der Waals surface area contributed by atoms with E-state index in [0.717, 1.165) is 0 Å². The Hall–Kier alpha value is -3.06. The van der Waals surface area contributed by atoms with Crippen molar-refractivity contribution in [3.63, 3.8) is 0 Å². The molecule has 1 aliphatic rings. The Morgan fingerprint density at radius 3 is 1.76 bits per heavy atom. The molecule has 0 bridgehead atoms. The maximum atomic E-state index is 15.1. The number of allylic oxidation sites excluding steroid dienone is 1. The van der Waals surface area contributed by atoms with Crippen LogP contribution < -0.4 is 0 Å². The molecule has 3 aromatic carbocycles. The first-order valence-corrected chi connectivity index (χ1v) is 12.9. The molecule has 0 radical (unpaired) electrons. The lowest BCUT2D eigenvalue weighted by Gasteiger charge is -2.28. The molecule has 38 heavy (non-hydrogen) atoms. The smallest absolute Gasteiger partial charge is 0.167 e. The lowest BCUT2D eigenvalue weighted by atomic mass is 9.89. The third kappa shape index (κ3) is 5.68. The molecule has 202 valence electrons. The van der Waals surface area contributed by atoms with E-state index in [-0.39, 0.29) is 53.7 Å². The topological polar surface area (TPSA) is 9.23 Å². The van der Waals surface area contributed by atoms with Crippen molar-refractivity contribution in [1.29, 1.82) is 0 Å². The van der Waals surface area contributed by atoms with Gasteiger partial charge < -0.3 is 4.74 Å². The van der Waals surface area contributed by atoms with E-state index in [1.54, 1.807) is 0 Å². The summed E-state index contributed by atoms with van der Waals surface area (Å²) in [6.45, 7) is 3.96. The minimum atomic E-state index is -1.33. The lowest BCUT2D eigenvalue weighted by molar-refractivity contribution is 0.0317. The Morgan fingerprint density at radius 1 is 0.684 bits per heavy atom. The maximum Gasteiger partial charge on any atom is 0.167 e. The van der Waals surface area contributed by atoms with Crippen molar-refractivity contribution < 1.29 is 31.1 Å². The number of hydrogen-bond acceptors (Lipinski definition) is 1. The summed E-state index contributed by atoms with van der Waals surface area (Å²) in [5.41, 5.74) is -0.415. The molecule has 0 amide bonds. The van der Waals surface area contributed by atoms with Crippen molar-refractivity contribution in [3.8, 4) is 11.1 Å². The second kappa shape index (κ2) is 12.2. The number of ether oxygens (including phenoxy) is 1. The Kier molecular flexibility index (Phi) is 8.98. The first-order chi connectivity index (χ1) is 18.3. The van der Waals surface area contributed by atoms with Crippen molar-refractivity contribution in [2.75, 3.05) is 6.61 Å². The van der Waals surface area contributed by atoms with Crippen LogP contribution in [0.15, 0.2) is 48.6 Å². The maximum absolute atomic E-state index is 15.1. The molecule has 7 heteroatoms. The van der Waals surface area contributed by atoms with Crippen LogP contribution in [0.3, 0.4) is 0 Å². The molecule has 0 aliphatic carbocycles. The Bertz CT molecular complexity index is 1320. The van der Waals surface area contributed by atoms with Crippen molar-refractivity contribution in [2.24, 2.45) is 0 Å². The summed E-state index contributed by atoms with van der Waals surface area (Å²) in [6.07, 6.45) is 5.90. The van der Waals surface area contributed by atoms with Crippen LogP contribution in [-0.2, 0) is 24.0 Å². The summed E-state index contributed by atoms with van der Waals surface area (Å²) in [6, 6.07) is 8.02. The lowest BCUT2D eigenvalue weighted by Crippen LogP contribution is -2.24. The highest BCUT2D eigenvalue weighted by Gasteiger charge is 2.27. The van der Waals surface area contributed by atoms with E-state index < -0.39 is 46.0 Å². The van der Waals surface area contributed by atoms with Gasteiger partial charge in [0.15, 0.2) is 34.9 Å². The third-order valence-electron chi connectivity index (χ3n) is 7.15. The fraction of sp³-hybridized carbons (Fsp3) is 0.355. The SMILES string of the molecule is C/C=C/C1CCC(c2ccc(-c3ccc(CCc4ccc(CCC)c(F)c4F)c(F)c3F)c(F)c2F)CO1. The number of rotatable bonds is 8. The quantitative estimate of drug-likeness (QED) is 0.208. The number of halogens is 6. The summed E-state index contributed by atoms with van der Waals surface area (Å²) < 4.78 is 94.4. The molecule has 1 fully saturated rings. The zero-order valence-corrected chi connectivity index (χ0v) is 21.4. The molecule has 1 aliphatic heterocycles. The van der Waals surface area contributed by atoms with E-state index >= 15 is 13.2 Å². The predicted molar refractivity (Wildman–Crippen MR) is 136 cm³/mol. The van der Waals surface area contributed by atoms with Crippen LogP contribution >= 0.6 is 0 Å². The van der Waals surface area contributed by atoms with E-state index in [2.05, 4.69) is 0 Å². The average molecular weight is 533 g/mol. The highest BCUT2D eigenvalue weighted by atomic mass is 19.2. The Labute approximate surface area is 219 Å². The predicted octanol–water partition coefficient (Wildman–Crippen LogP) is 8.76. The molecule has 4 rings (SSSR count). The minimum Gasteiger partial charge on any atom is -0.374 e. The van der Waals surface area contributed by atoms with E-state index in [1.807, 2.05) is 26.0 Å². The zero-order valence-electron chi connectivity index (χ0n) is 21.4. The highest BCUT2D eigenvalue weighted by molar-refractivity contribution is 5.66. The van der Waals surface area contributed by atoms with Crippen LogP contribution in [0.5, 0.6) is 0 Å². The normalized spacial score (nSPS) is 17.9. The molecule has 2 unspecified atom stereocenters. The van der Waals surface area contributed by atoms with Gasteiger partial charge in [-0.15, -0.1) is 0 Å². The number of aryl methyl sites for hydroxylation is 3. The molecule has 3 aromatic rings. The van der Waals surface area contributed by atoms with Crippen molar-refractivity contribution in [1.82, 2.24) is 0 Å². The van der Waals surface area contributed by atoms with Crippen LogP contribution in [0.25, 0.3) is 11.1 Å². The van der Waals surface area contributed by atoms with Gasteiger partial charge in [-0.25, -0.2) is 26.3 Å². The molecular formula is C31H30F6O. The summed E-state index contributed by atoms with van der Waals surface area (Å²) >= 11 is 0. The fourth-order valence-corrected chi connectivity index (χ4v) is 5.02. The Balaban J connectivity index is 1.53. The van der Waals surface area contributed by atoms with Crippen LogP contribution in [0, 0.1) is 34.9 Å². The van der Waals surface area contributed by atoms with E-state index in [9.17, 15) is 13.2 Å². The molecule has 0 N–H and O–H groups in total. The Morgan fingerprint density at radius 2 is 1.21 bits per heavy atom. The summed E-state index contributed by atoms with van der Waals surface area (Å²) in [5.74, 6) is -7.18. The average Bonchev–Trinajstić information content (AvgIpc) is 2.91. The van der Waals surface area contributed by atoms with E-state index in [0.29, 0.717) is 25.7 Å².